The van der Waals surface area contributed by atoms with Gasteiger partial charge in [0.05, 0.1) is 38.9 Å². The third-order valence-electron chi connectivity index (χ3n) is 17.5. The van der Waals surface area contributed by atoms with Crippen molar-refractivity contribution in [1.29, 1.82) is 0 Å². The normalized spacial score (nSPS) is 15.2. The molecule has 3 aliphatic rings. The molecule has 3 heterocycles. The van der Waals surface area contributed by atoms with Crippen molar-refractivity contribution in [2.45, 2.75) is 10.8 Å². The van der Waals surface area contributed by atoms with E-state index in [9.17, 15) is 0 Å². The molecule has 1 spiro atoms. The number of benzene rings is 12. The van der Waals surface area contributed by atoms with Crippen LogP contribution < -0.4 is 4.90 Å². The van der Waals surface area contributed by atoms with Crippen LogP contribution in [0.3, 0.4) is 0 Å². The van der Waals surface area contributed by atoms with Gasteiger partial charge in [0.2, 0.25) is 0 Å². The molecule has 2 aliphatic carbocycles. The molecule has 0 bridgehead atoms. The van der Waals surface area contributed by atoms with Crippen LogP contribution in [0.1, 0.15) is 44.5 Å². The van der Waals surface area contributed by atoms with Crippen molar-refractivity contribution < 1.29 is 4.42 Å². The molecule has 0 saturated carbocycles. The maximum atomic E-state index is 6.43. The number of hydrogen-bond donors (Lipinski definition) is 0. The van der Waals surface area contributed by atoms with Gasteiger partial charge in [-0.05, 0) is 121 Å². The van der Waals surface area contributed by atoms with Crippen LogP contribution in [0.15, 0.2) is 283 Å². The van der Waals surface area contributed by atoms with Gasteiger partial charge < -0.3 is 13.9 Å². The molecule has 14 aromatic rings. The molecule has 0 fully saturated rings. The quantitative estimate of drug-likeness (QED) is 0.166. The van der Waals surface area contributed by atoms with Gasteiger partial charge in [0, 0.05) is 38.4 Å². The molecule has 77 heavy (non-hydrogen) atoms. The summed E-state index contributed by atoms with van der Waals surface area (Å²) < 4.78 is 8.96. The lowest BCUT2D eigenvalue weighted by atomic mass is 9.65. The van der Waals surface area contributed by atoms with Gasteiger partial charge in [-0.1, -0.05) is 224 Å². The lowest BCUT2D eigenvalue weighted by Gasteiger charge is -2.39. The smallest absolute Gasteiger partial charge is 0.136 e. The van der Waals surface area contributed by atoms with E-state index >= 15 is 0 Å². The highest BCUT2D eigenvalue weighted by Gasteiger charge is 2.52. The lowest BCUT2D eigenvalue weighted by molar-refractivity contribution is 0.669. The highest BCUT2D eigenvalue weighted by Crippen LogP contribution is 2.65. The second-order valence-corrected chi connectivity index (χ2v) is 21.0. The fraction of sp³-hybridized carbons (Fsp3) is 0.0270. The van der Waals surface area contributed by atoms with Crippen LogP contribution in [0.2, 0.25) is 0 Å². The largest absolute Gasteiger partial charge is 0.456 e. The molecule has 17 rings (SSSR count). The van der Waals surface area contributed by atoms with Crippen molar-refractivity contribution in [3.63, 3.8) is 0 Å². The standard InChI is InChI=1S/C74H46N2O/c1-3-20-49(21-4-1)73(50-22-5-2-6-23-50)58-29-11-7-26-56(58)70-61(73)32-18-37-66(70)75(51-43-40-47(41-44-51)48-42-45-54-53-25-10-16-39-68(53)77-69(54)46-48)67-38-19-33-62-71(67)57-27-8-12-30-59(57)74(62)60-31-13-15-36-65(60)76-64-35-14-9-24-52(64)55-28-17-34-63(74)72(55)76/h1-46H. The first-order valence-corrected chi connectivity index (χ1v) is 26.7. The molecule has 0 amide bonds. The van der Waals surface area contributed by atoms with Crippen LogP contribution in [0.4, 0.5) is 17.1 Å². The summed E-state index contributed by atoms with van der Waals surface area (Å²) in [4.78, 5) is 2.58. The minimum absolute atomic E-state index is 0.576. The number of aromatic nitrogens is 1. The maximum absolute atomic E-state index is 6.43. The highest BCUT2D eigenvalue weighted by atomic mass is 16.3. The Balaban J connectivity index is 0.956. The molecule has 358 valence electrons. The van der Waals surface area contributed by atoms with E-state index in [0.29, 0.717) is 0 Å². The van der Waals surface area contributed by atoms with Gasteiger partial charge in [-0.2, -0.15) is 0 Å². The van der Waals surface area contributed by atoms with Crippen LogP contribution in [0, 0.1) is 0 Å². The van der Waals surface area contributed by atoms with Gasteiger partial charge in [-0.3, -0.25) is 0 Å². The zero-order valence-electron chi connectivity index (χ0n) is 41.9. The summed E-state index contributed by atoms with van der Waals surface area (Å²) in [5, 5.41) is 4.80. The Kier molecular flexibility index (Phi) is 8.69. The molecular weight excluding hydrogens is 933 g/mol. The van der Waals surface area contributed by atoms with Crippen LogP contribution >= 0.6 is 0 Å². The van der Waals surface area contributed by atoms with Crippen molar-refractivity contribution in [3.8, 4) is 39.1 Å². The minimum Gasteiger partial charge on any atom is -0.456 e. The molecule has 3 nitrogen and oxygen atoms in total. The Hall–Kier alpha value is -9.96. The summed E-state index contributed by atoms with van der Waals surface area (Å²) in [7, 11) is 0. The Morgan fingerprint density at radius 2 is 0.831 bits per heavy atom. The van der Waals surface area contributed by atoms with Gasteiger partial charge in [0.25, 0.3) is 0 Å². The van der Waals surface area contributed by atoms with Gasteiger partial charge in [-0.25, -0.2) is 0 Å². The van der Waals surface area contributed by atoms with Crippen LogP contribution in [0.25, 0.3) is 82.8 Å². The predicted octanol–water partition coefficient (Wildman–Crippen LogP) is 18.9. The molecule has 3 heteroatoms. The average molecular weight is 979 g/mol. The molecule has 1 atom stereocenters. The van der Waals surface area contributed by atoms with E-state index in [-0.39, 0.29) is 0 Å². The Bertz CT molecular complexity index is 4710. The van der Waals surface area contributed by atoms with Crippen molar-refractivity contribution in [2.75, 3.05) is 4.90 Å². The monoisotopic (exact) mass is 978 g/mol. The molecule has 1 aliphatic heterocycles. The Labute approximate surface area is 445 Å². The van der Waals surface area contributed by atoms with E-state index in [1.54, 1.807) is 0 Å². The zero-order valence-corrected chi connectivity index (χ0v) is 41.9. The van der Waals surface area contributed by atoms with E-state index in [1.165, 1.54) is 94.3 Å². The van der Waals surface area contributed by atoms with Crippen LogP contribution in [-0.4, -0.2) is 4.57 Å². The van der Waals surface area contributed by atoms with E-state index in [4.69, 9.17) is 4.42 Å². The fourth-order valence-corrected chi connectivity index (χ4v) is 14.6. The Morgan fingerprint density at radius 1 is 0.325 bits per heavy atom. The second-order valence-electron chi connectivity index (χ2n) is 21.0. The summed E-state index contributed by atoms with van der Waals surface area (Å²) >= 11 is 0. The first-order chi connectivity index (χ1) is 38.2. The van der Waals surface area contributed by atoms with E-state index in [1.807, 2.05) is 6.07 Å². The van der Waals surface area contributed by atoms with E-state index in [0.717, 1.165) is 50.1 Å². The predicted molar refractivity (Wildman–Crippen MR) is 316 cm³/mol. The second kappa shape index (κ2) is 15.8. The SMILES string of the molecule is c1ccc(C2(c3ccccc3)c3ccccc3-c3c(N(c4ccc(-c5ccc6c(c5)oc5ccccc56)cc4)c4cccc5c4-c4ccccc4C54c5ccccc5-n5c6ccccc6c6cccc4c65)cccc32)cc1. The minimum atomic E-state index is -0.617. The van der Waals surface area contributed by atoms with Crippen LogP contribution in [0.5, 0.6) is 0 Å². The summed E-state index contributed by atoms with van der Waals surface area (Å²) in [5.41, 5.74) is 25.0. The summed E-state index contributed by atoms with van der Waals surface area (Å²) in [6.07, 6.45) is 0. The van der Waals surface area contributed by atoms with Gasteiger partial charge in [-0.15, -0.1) is 0 Å². The molecule has 2 aromatic heterocycles. The number of fused-ring (bicyclic) bond motifs is 18. The zero-order chi connectivity index (χ0) is 50.4. The van der Waals surface area contributed by atoms with Crippen molar-refractivity contribution in [1.82, 2.24) is 4.57 Å². The highest BCUT2D eigenvalue weighted by molar-refractivity contribution is 6.14. The van der Waals surface area contributed by atoms with Crippen LogP contribution in [-0.2, 0) is 10.8 Å². The van der Waals surface area contributed by atoms with Crippen molar-refractivity contribution >= 4 is 60.8 Å². The Morgan fingerprint density at radius 3 is 1.55 bits per heavy atom. The molecule has 1 unspecified atom stereocenters. The number of para-hydroxylation sites is 4. The number of rotatable bonds is 6. The number of furan rings is 1. The van der Waals surface area contributed by atoms with Gasteiger partial charge in [0.15, 0.2) is 0 Å². The van der Waals surface area contributed by atoms with Crippen molar-refractivity contribution in [3.05, 3.63) is 324 Å². The summed E-state index contributed by atoms with van der Waals surface area (Å²) in [6, 6.07) is 104. The van der Waals surface area contributed by atoms with E-state index < -0.39 is 10.8 Å². The molecule has 0 saturated heterocycles. The molecule has 12 aromatic carbocycles. The summed E-state index contributed by atoms with van der Waals surface area (Å²) in [6.45, 7) is 0. The van der Waals surface area contributed by atoms with Gasteiger partial charge in [0.1, 0.15) is 11.2 Å². The third kappa shape index (κ3) is 5.49. The lowest BCUT2D eigenvalue weighted by Crippen LogP contribution is -2.33. The first-order valence-electron chi connectivity index (χ1n) is 26.7. The molecule has 0 N–H and O–H groups in total. The molecular formula is C74H46N2O. The maximum Gasteiger partial charge on any atom is 0.136 e. The molecule has 0 radical (unpaired) electrons. The number of nitrogens with zero attached hydrogens (tertiary/aromatic N) is 2. The topological polar surface area (TPSA) is 21.3 Å². The van der Waals surface area contributed by atoms with E-state index in [2.05, 4.69) is 282 Å². The van der Waals surface area contributed by atoms with Crippen molar-refractivity contribution in [2.24, 2.45) is 0 Å². The first kappa shape index (κ1) is 42.4. The summed E-state index contributed by atoms with van der Waals surface area (Å²) in [5.74, 6) is 0. The third-order valence-corrected chi connectivity index (χ3v) is 17.5. The average Bonchev–Trinajstić information content (AvgIpc) is 4.35. The number of anilines is 3. The van der Waals surface area contributed by atoms with Gasteiger partial charge >= 0.3 is 0 Å². The fourth-order valence-electron chi connectivity index (χ4n) is 14.6. The number of hydrogen-bond acceptors (Lipinski definition) is 2.